The normalized spacial score (nSPS) is 12.2. The average molecular weight is 350 g/mol. The van der Waals surface area contributed by atoms with E-state index in [0.717, 1.165) is 12.8 Å². The van der Waals surface area contributed by atoms with Crippen molar-refractivity contribution in [2.75, 3.05) is 45.3 Å². The molecule has 136 valence electrons. The Hall–Kier alpha value is -0.870. The molecule has 0 aromatic rings. The van der Waals surface area contributed by atoms with Crippen molar-refractivity contribution in [3.63, 3.8) is 0 Å². The molecule has 2 amide bonds. The zero-order chi connectivity index (χ0) is 17.5. The number of carbonyl (C=O) groups excluding carboxylic acids is 2. The molecule has 0 heterocycles. The van der Waals surface area contributed by atoms with E-state index < -0.39 is 6.04 Å². The Kier molecular flexibility index (Phi) is 14.1. The summed E-state index contributed by atoms with van der Waals surface area (Å²) in [5.74, 6) is 0.276. The van der Waals surface area contributed by atoms with Crippen molar-refractivity contribution in [1.82, 2.24) is 15.5 Å². The van der Waals surface area contributed by atoms with Gasteiger partial charge in [-0.1, -0.05) is 0 Å². The molecule has 0 aromatic carbocycles. The van der Waals surface area contributed by atoms with Crippen LogP contribution in [0.2, 0.25) is 0 Å². The third-order valence-electron chi connectivity index (χ3n) is 3.36. The van der Waals surface area contributed by atoms with Gasteiger partial charge < -0.3 is 26.6 Å². The maximum atomic E-state index is 12.1. The number of nitrogens with one attached hydrogen (secondary N) is 2. The van der Waals surface area contributed by atoms with Crippen LogP contribution in [0, 0.1) is 0 Å². The number of hydrogen-bond donors (Lipinski definition) is 6. The largest absolute Gasteiger partial charge is 0.395 e. The highest BCUT2D eigenvalue weighted by Crippen LogP contribution is 2.09. The number of aliphatic hydroxyl groups is 2. The van der Waals surface area contributed by atoms with Crippen LogP contribution in [-0.4, -0.2) is 78.2 Å². The molecular formula is C14H30N4O4S. The number of aliphatic hydroxyl groups excluding tert-OH is 2. The lowest BCUT2D eigenvalue weighted by Gasteiger charge is -2.29. The van der Waals surface area contributed by atoms with Crippen LogP contribution in [0.4, 0.5) is 0 Å². The van der Waals surface area contributed by atoms with E-state index in [-0.39, 0.29) is 31.7 Å². The van der Waals surface area contributed by atoms with Crippen LogP contribution in [-0.2, 0) is 9.59 Å². The molecule has 0 aliphatic rings. The molecule has 1 unspecified atom stereocenters. The zero-order valence-corrected chi connectivity index (χ0v) is 14.4. The van der Waals surface area contributed by atoms with Crippen molar-refractivity contribution >= 4 is 24.4 Å². The Bertz CT molecular complexity index is 328. The number of carbonyl (C=O) groups is 2. The molecule has 0 spiro atoms. The van der Waals surface area contributed by atoms with E-state index in [1.165, 1.54) is 0 Å². The van der Waals surface area contributed by atoms with Crippen LogP contribution >= 0.6 is 12.6 Å². The van der Waals surface area contributed by atoms with E-state index in [2.05, 4.69) is 23.3 Å². The molecule has 0 saturated carbocycles. The molecule has 0 bridgehead atoms. The highest BCUT2D eigenvalue weighted by Gasteiger charge is 2.24. The first-order valence-electron chi connectivity index (χ1n) is 7.91. The molecule has 0 aliphatic heterocycles. The average Bonchev–Trinajstić information content (AvgIpc) is 2.51. The monoisotopic (exact) mass is 350 g/mol. The predicted molar refractivity (Wildman–Crippen MR) is 92.1 cm³/mol. The Morgan fingerprint density at radius 2 is 1.78 bits per heavy atom. The molecule has 6 N–H and O–H groups in total. The third kappa shape index (κ3) is 10.5. The number of amides is 2. The Balaban J connectivity index is 4.35. The standard InChI is InChI=1S/C14H30N4O4S/c15-11-17-14(22)12(18(6-8-19)7-9-20)3-1-2-5-16-13(21)4-10-23/h12,19-20,23H,1-11,15H2,(H,16,21)(H,17,22). The number of nitrogens with two attached hydrogens (primary N) is 1. The molecule has 8 nitrogen and oxygen atoms in total. The molecular weight excluding hydrogens is 320 g/mol. The first-order chi connectivity index (χ1) is 11.1. The summed E-state index contributed by atoms with van der Waals surface area (Å²) < 4.78 is 0. The topological polar surface area (TPSA) is 128 Å². The number of thiol groups is 1. The maximum Gasteiger partial charge on any atom is 0.238 e. The maximum absolute atomic E-state index is 12.1. The second-order valence-electron chi connectivity index (χ2n) is 5.06. The van der Waals surface area contributed by atoms with Gasteiger partial charge in [-0.15, -0.1) is 0 Å². The molecule has 1 atom stereocenters. The van der Waals surface area contributed by atoms with E-state index >= 15 is 0 Å². The fraction of sp³-hybridized carbons (Fsp3) is 0.857. The molecule has 0 aliphatic carbocycles. The van der Waals surface area contributed by atoms with Gasteiger partial charge in [0, 0.05) is 26.1 Å². The van der Waals surface area contributed by atoms with Gasteiger partial charge >= 0.3 is 0 Å². The van der Waals surface area contributed by atoms with E-state index in [9.17, 15) is 9.59 Å². The summed E-state index contributed by atoms with van der Waals surface area (Å²) in [4.78, 5) is 25.2. The lowest BCUT2D eigenvalue weighted by molar-refractivity contribution is -0.127. The van der Waals surface area contributed by atoms with Crippen LogP contribution < -0.4 is 16.4 Å². The lowest BCUT2D eigenvalue weighted by atomic mass is 10.1. The smallest absolute Gasteiger partial charge is 0.238 e. The molecule has 9 heteroatoms. The van der Waals surface area contributed by atoms with Gasteiger partial charge in [0.15, 0.2) is 0 Å². The van der Waals surface area contributed by atoms with Crippen LogP contribution in [0.15, 0.2) is 0 Å². The van der Waals surface area contributed by atoms with Crippen molar-refractivity contribution in [2.24, 2.45) is 5.73 Å². The summed E-state index contributed by atoms with van der Waals surface area (Å²) in [6.45, 7) is 1.03. The number of nitrogens with zero attached hydrogens (tertiary/aromatic N) is 1. The zero-order valence-electron chi connectivity index (χ0n) is 13.5. The molecule has 0 radical (unpaired) electrons. The number of hydrogen-bond acceptors (Lipinski definition) is 7. The minimum atomic E-state index is -0.453. The minimum Gasteiger partial charge on any atom is -0.395 e. The second kappa shape index (κ2) is 14.7. The Labute approximate surface area is 143 Å². The highest BCUT2D eigenvalue weighted by molar-refractivity contribution is 7.80. The summed E-state index contributed by atoms with van der Waals surface area (Å²) in [6.07, 6.45) is 2.44. The van der Waals surface area contributed by atoms with Crippen molar-refractivity contribution in [3.05, 3.63) is 0 Å². The van der Waals surface area contributed by atoms with E-state index in [1.807, 2.05) is 0 Å². The third-order valence-corrected chi connectivity index (χ3v) is 3.58. The summed E-state index contributed by atoms with van der Waals surface area (Å²) in [5.41, 5.74) is 5.35. The number of unbranched alkanes of at least 4 members (excludes halogenated alkanes) is 1. The molecule has 0 rings (SSSR count). The first-order valence-corrected chi connectivity index (χ1v) is 8.55. The fourth-order valence-electron chi connectivity index (χ4n) is 2.26. The first kappa shape index (κ1) is 22.1. The van der Waals surface area contributed by atoms with Crippen LogP contribution in [0.3, 0.4) is 0 Å². The highest BCUT2D eigenvalue weighted by atomic mass is 32.1. The quantitative estimate of drug-likeness (QED) is 0.126. The van der Waals surface area contributed by atoms with Crippen molar-refractivity contribution < 1.29 is 19.8 Å². The van der Waals surface area contributed by atoms with Gasteiger partial charge in [-0.25, -0.2) is 0 Å². The van der Waals surface area contributed by atoms with Gasteiger partial charge in [0.2, 0.25) is 11.8 Å². The van der Waals surface area contributed by atoms with Crippen LogP contribution in [0.1, 0.15) is 25.7 Å². The van der Waals surface area contributed by atoms with Gasteiger partial charge in [-0.3, -0.25) is 14.5 Å². The fourth-order valence-corrected chi connectivity index (χ4v) is 2.46. The van der Waals surface area contributed by atoms with Gasteiger partial charge in [-0.2, -0.15) is 12.6 Å². The summed E-state index contributed by atoms with van der Waals surface area (Å²) in [5, 5.41) is 23.6. The summed E-state index contributed by atoms with van der Waals surface area (Å²) >= 11 is 3.99. The van der Waals surface area contributed by atoms with Crippen LogP contribution in [0.25, 0.3) is 0 Å². The minimum absolute atomic E-state index is 0.0281. The number of rotatable bonds is 14. The predicted octanol–water partition coefficient (Wildman–Crippen LogP) is -1.72. The van der Waals surface area contributed by atoms with Gasteiger partial charge in [-0.05, 0) is 25.0 Å². The summed E-state index contributed by atoms with van der Waals surface area (Å²) in [6, 6.07) is -0.453. The molecule has 0 fully saturated rings. The van der Waals surface area contributed by atoms with E-state index in [0.29, 0.717) is 38.2 Å². The van der Waals surface area contributed by atoms with Crippen molar-refractivity contribution in [1.29, 1.82) is 0 Å². The SMILES string of the molecule is NCNC(=O)C(CCCCNC(=O)CCS)N(CCO)CCO. The van der Waals surface area contributed by atoms with E-state index in [4.69, 9.17) is 15.9 Å². The van der Waals surface area contributed by atoms with Crippen molar-refractivity contribution in [3.8, 4) is 0 Å². The van der Waals surface area contributed by atoms with Crippen LogP contribution in [0.5, 0.6) is 0 Å². The Morgan fingerprint density at radius 3 is 2.30 bits per heavy atom. The van der Waals surface area contributed by atoms with Gasteiger partial charge in [0.1, 0.15) is 0 Å². The van der Waals surface area contributed by atoms with Gasteiger partial charge in [0.25, 0.3) is 0 Å². The Morgan fingerprint density at radius 1 is 1.13 bits per heavy atom. The lowest BCUT2D eigenvalue weighted by Crippen LogP contribution is -2.50. The molecule has 23 heavy (non-hydrogen) atoms. The van der Waals surface area contributed by atoms with Gasteiger partial charge in [0.05, 0.1) is 25.9 Å². The van der Waals surface area contributed by atoms with E-state index in [1.54, 1.807) is 4.90 Å². The second-order valence-corrected chi connectivity index (χ2v) is 5.51. The summed E-state index contributed by atoms with van der Waals surface area (Å²) in [7, 11) is 0. The molecule has 0 aromatic heterocycles. The molecule has 0 saturated heterocycles. The van der Waals surface area contributed by atoms with Crippen molar-refractivity contribution in [2.45, 2.75) is 31.7 Å².